The van der Waals surface area contributed by atoms with Gasteiger partial charge in [-0.05, 0) is 58.7 Å². The minimum absolute atomic E-state index is 0.628. The summed E-state index contributed by atoms with van der Waals surface area (Å²) in [6.07, 6.45) is 1.14. The quantitative estimate of drug-likeness (QED) is 0.656. The number of nitrogen functional groups attached to an aromatic ring is 1. The molecule has 0 saturated heterocycles. The molecule has 0 aliphatic carbocycles. The van der Waals surface area contributed by atoms with Gasteiger partial charge < -0.3 is 10.3 Å². The van der Waals surface area contributed by atoms with Crippen LogP contribution in [0.1, 0.15) is 13.3 Å². The lowest BCUT2D eigenvalue weighted by atomic mass is 10.3. The highest BCUT2D eigenvalue weighted by Gasteiger charge is 2.07. The zero-order chi connectivity index (χ0) is 12.3. The van der Waals surface area contributed by atoms with Gasteiger partial charge in [-0.25, -0.2) is 4.98 Å². The molecule has 0 aliphatic rings. The van der Waals surface area contributed by atoms with Crippen LogP contribution in [-0.2, 0) is 6.54 Å². The predicted octanol–water partition coefficient (Wildman–Crippen LogP) is 3.37. The normalized spacial score (nSPS) is 11.2. The Bertz CT molecular complexity index is 510. The lowest BCUT2D eigenvalue weighted by Crippen LogP contribution is -2.04. The number of aryl methyl sites for hydroxylation is 1. The number of nitrogens with two attached hydrogens (primary N) is 1. The first-order valence-corrected chi connectivity index (χ1v) is 7.94. The molecule has 1 aromatic carbocycles. The van der Waals surface area contributed by atoms with Gasteiger partial charge in [-0.2, -0.15) is 11.8 Å². The van der Waals surface area contributed by atoms with Crippen molar-refractivity contribution in [3.05, 3.63) is 21.8 Å². The van der Waals surface area contributed by atoms with Gasteiger partial charge in [-0.3, -0.25) is 0 Å². The monoisotopic (exact) mass is 361 g/mol. The molecule has 0 fully saturated rings. The average Bonchev–Trinajstić information content (AvgIpc) is 2.60. The molecule has 0 spiro atoms. The molecule has 0 bridgehead atoms. The Labute approximate surface area is 119 Å². The zero-order valence-corrected chi connectivity index (χ0v) is 12.8. The number of aromatic nitrogens is 2. The predicted molar refractivity (Wildman–Crippen MR) is 84.5 cm³/mol. The van der Waals surface area contributed by atoms with E-state index in [1.807, 2.05) is 11.8 Å². The Hall–Kier alpha value is -0.430. The Morgan fingerprint density at radius 3 is 3.06 bits per heavy atom. The Kier molecular flexibility index (Phi) is 4.55. The second-order valence-electron chi connectivity index (χ2n) is 3.81. The molecule has 17 heavy (non-hydrogen) atoms. The van der Waals surface area contributed by atoms with Gasteiger partial charge in [0, 0.05) is 10.1 Å². The maximum atomic E-state index is 5.96. The van der Waals surface area contributed by atoms with Gasteiger partial charge in [0.05, 0.1) is 11.0 Å². The van der Waals surface area contributed by atoms with Gasteiger partial charge in [0.1, 0.15) is 0 Å². The number of imidazole rings is 1. The molecular weight excluding hydrogens is 345 g/mol. The van der Waals surface area contributed by atoms with Crippen molar-refractivity contribution >= 4 is 51.3 Å². The highest BCUT2D eigenvalue weighted by atomic mass is 127. The number of halogens is 1. The second kappa shape index (κ2) is 5.95. The molecule has 2 aromatic rings. The number of nitrogens with zero attached hydrogens (tertiary/aromatic N) is 2. The minimum atomic E-state index is 0.628. The van der Waals surface area contributed by atoms with Crippen LogP contribution in [0.15, 0.2) is 18.2 Å². The number of benzene rings is 1. The van der Waals surface area contributed by atoms with Crippen LogP contribution in [0.4, 0.5) is 5.95 Å². The van der Waals surface area contributed by atoms with Crippen molar-refractivity contribution in [1.29, 1.82) is 0 Å². The Morgan fingerprint density at radius 2 is 2.29 bits per heavy atom. The molecule has 3 nitrogen and oxygen atoms in total. The lowest BCUT2D eigenvalue weighted by Gasteiger charge is -2.05. The molecule has 2 rings (SSSR count). The van der Waals surface area contributed by atoms with Crippen LogP contribution >= 0.6 is 34.4 Å². The molecule has 2 N–H and O–H groups in total. The first-order valence-electron chi connectivity index (χ1n) is 5.71. The number of hydrogen-bond acceptors (Lipinski definition) is 3. The van der Waals surface area contributed by atoms with Gasteiger partial charge in [0.25, 0.3) is 0 Å². The first-order chi connectivity index (χ1) is 8.22. The number of thioether (sulfide) groups is 1. The molecule has 1 heterocycles. The van der Waals surface area contributed by atoms with E-state index in [9.17, 15) is 0 Å². The van der Waals surface area contributed by atoms with E-state index in [-0.39, 0.29) is 0 Å². The molecule has 92 valence electrons. The summed E-state index contributed by atoms with van der Waals surface area (Å²) in [5, 5.41) is 0. The molecular formula is C12H16IN3S. The van der Waals surface area contributed by atoms with Crippen molar-refractivity contribution in [2.75, 3.05) is 17.2 Å². The molecule has 5 heteroatoms. The van der Waals surface area contributed by atoms with Crippen molar-refractivity contribution in [2.24, 2.45) is 0 Å². The fourth-order valence-electron chi connectivity index (χ4n) is 1.83. The van der Waals surface area contributed by atoms with Gasteiger partial charge >= 0.3 is 0 Å². The molecule has 0 saturated carbocycles. The zero-order valence-electron chi connectivity index (χ0n) is 9.82. The Balaban J connectivity index is 2.18. The fraction of sp³-hybridized carbons (Fsp3) is 0.417. The molecule has 0 aliphatic heterocycles. The van der Waals surface area contributed by atoms with Crippen molar-refractivity contribution in [3.8, 4) is 0 Å². The Morgan fingerprint density at radius 1 is 1.47 bits per heavy atom. The molecule has 0 unspecified atom stereocenters. The topological polar surface area (TPSA) is 43.8 Å². The smallest absolute Gasteiger partial charge is 0.201 e. The molecule has 0 atom stereocenters. The lowest BCUT2D eigenvalue weighted by molar-refractivity contribution is 0.712. The molecule has 0 amide bonds. The third kappa shape index (κ3) is 3.07. The SMILES string of the molecule is CCSCCCn1c(N)nc2cc(I)ccc21. The largest absolute Gasteiger partial charge is 0.369 e. The second-order valence-corrected chi connectivity index (χ2v) is 6.44. The van der Waals surface area contributed by atoms with Crippen molar-refractivity contribution in [2.45, 2.75) is 19.9 Å². The third-order valence-electron chi connectivity index (χ3n) is 2.61. The summed E-state index contributed by atoms with van der Waals surface area (Å²) in [6, 6.07) is 6.28. The highest BCUT2D eigenvalue weighted by Crippen LogP contribution is 2.20. The van der Waals surface area contributed by atoms with Crippen molar-refractivity contribution in [3.63, 3.8) is 0 Å². The fourth-order valence-corrected chi connectivity index (χ4v) is 2.92. The average molecular weight is 361 g/mol. The summed E-state index contributed by atoms with van der Waals surface area (Å²) < 4.78 is 3.31. The number of hydrogen-bond donors (Lipinski definition) is 1. The van der Waals surface area contributed by atoms with Gasteiger partial charge in [-0.1, -0.05) is 6.92 Å². The van der Waals surface area contributed by atoms with Crippen molar-refractivity contribution in [1.82, 2.24) is 9.55 Å². The van der Waals surface area contributed by atoms with Crippen LogP contribution in [-0.4, -0.2) is 21.1 Å². The van der Waals surface area contributed by atoms with Gasteiger partial charge in [-0.15, -0.1) is 0 Å². The summed E-state index contributed by atoms with van der Waals surface area (Å²) >= 11 is 4.26. The van der Waals surface area contributed by atoms with E-state index in [0.717, 1.165) is 24.0 Å². The van der Waals surface area contributed by atoms with Crippen LogP contribution in [0.25, 0.3) is 11.0 Å². The summed E-state index contributed by atoms with van der Waals surface area (Å²) in [7, 11) is 0. The van der Waals surface area contributed by atoms with Crippen LogP contribution in [0, 0.1) is 3.57 Å². The van der Waals surface area contributed by atoms with E-state index >= 15 is 0 Å². The van der Waals surface area contributed by atoms with Crippen LogP contribution < -0.4 is 5.73 Å². The number of rotatable bonds is 5. The summed E-state index contributed by atoms with van der Waals surface area (Å²) in [4.78, 5) is 4.40. The summed E-state index contributed by atoms with van der Waals surface area (Å²) in [5.74, 6) is 2.99. The van der Waals surface area contributed by atoms with E-state index in [4.69, 9.17) is 5.73 Å². The van der Waals surface area contributed by atoms with E-state index in [1.54, 1.807) is 0 Å². The van der Waals surface area contributed by atoms with E-state index < -0.39 is 0 Å². The summed E-state index contributed by atoms with van der Waals surface area (Å²) in [5.41, 5.74) is 8.10. The summed E-state index contributed by atoms with van der Waals surface area (Å²) in [6.45, 7) is 3.14. The molecule has 0 radical (unpaired) electrons. The maximum Gasteiger partial charge on any atom is 0.201 e. The third-order valence-corrected chi connectivity index (χ3v) is 4.27. The first kappa shape index (κ1) is 13.0. The van der Waals surface area contributed by atoms with Gasteiger partial charge in [0.15, 0.2) is 0 Å². The van der Waals surface area contributed by atoms with Crippen LogP contribution in [0.5, 0.6) is 0 Å². The number of fused-ring (bicyclic) bond motifs is 1. The van der Waals surface area contributed by atoms with Crippen LogP contribution in [0.2, 0.25) is 0 Å². The van der Waals surface area contributed by atoms with Crippen LogP contribution in [0.3, 0.4) is 0 Å². The van der Waals surface area contributed by atoms with E-state index in [1.165, 1.54) is 15.1 Å². The number of anilines is 1. The van der Waals surface area contributed by atoms with Crippen molar-refractivity contribution < 1.29 is 0 Å². The minimum Gasteiger partial charge on any atom is -0.369 e. The van der Waals surface area contributed by atoms with E-state index in [2.05, 4.69) is 57.3 Å². The maximum absolute atomic E-state index is 5.96. The van der Waals surface area contributed by atoms with Gasteiger partial charge in [0.2, 0.25) is 5.95 Å². The highest BCUT2D eigenvalue weighted by molar-refractivity contribution is 14.1. The standard InChI is InChI=1S/C12H16IN3S/c1-2-17-7-3-6-16-11-5-4-9(13)8-10(11)15-12(16)14/h4-5,8H,2-3,6-7H2,1H3,(H2,14,15). The van der Waals surface area contributed by atoms with E-state index in [0.29, 0.717) is 5.95 Å². The molecule has 1 aromatic heterocycles.